The summed E-state index contributed by atoms with van der Waals surface area (Å²) in [5.74, 6) is -0.225. The van der Waals surface area contributed by atoms with Gasteiger partial charge in [0.1, 0.15) is 5.92 Å². The van der Waals surface area contributed by atoms with E-state index in [2.05, 4.69) is 11.8 Å². The second kappa shape index (κ2) is 6.34. The normalized spacial score (nSPS) is 20.4. The van der Waals surface area contributed by atoms with Crippen molar-refractivity contribution in [2.75, 3.05) is 18.1 Å². The van der Waals surface area contributed by atoms with Crippen LogP contribution in [0.2, 0.25) is 0 Å². The number of unbranched alkanes of at least 4 members (excludes halogenated alkanes) is 1. The number of hydrogen-bond acceptors (Lipinski definition) is 5. The van der Waals surface area contributed by atoms with Crippen molar-refractivity contribution in [3.05, 3.63) is 10.6 Å². The maximum atomic E-state index is 12.0. The summed E-state index contributed by atoms with van der Waals surface area (Å²) in [4.78, 5) is 20.6. The summed E-state index contributed by atoms with van der Waals surface area (Å²) in [6.45, 7) is 5.63. The third-order valence-corrected chi connectivity index (χ3v) is 5.43. The topological polar surface area (TPSA) is 42.4 Å². The number of anilines is 1. The molecule has 5 heteroatoms. The van der Waals surface area contributed by atoms with Crippen LogP contribution < -0.4 is 4.90 Å². The van der Waals surface area contributed by atoms with E-state index in [9.17, 15) is 4.79 Å². The Morgan fingerprint density at radius 3 is 2.86 bits per heavy atom. The summed E-state index contributed by atoms with van der Waals surface area (Å²) in [5, 5.41) is 1.13. The molecule has 0 amide bonds. The zero-order valence-corrected chi connectivity index (χ0v) is 13.7. The van der Waals surface area contributed by atoms with E-state index in [0.717, 1.165) is 30.2 Å². The number of ether oxygens (including phenoxy) is 1. The van der Waals surface area contributed by atoms with Crippen molar-refractivity contribution < 1.29 is 9.53 Å². The third-order valence-electron chi connectivity index (χ3n) is 4.26. The number of esters is 1. The Hall–Kier alpha value is -1.10. The molecule has 1 aromatic rings. The van der Waals surface area contributed by atoms with Gasteiger partial charge in [0.25, 0.3) is 0 Å². The summed E-state index contributed by atoms with van der Waals surface area (Å²) in [5.41, 5.74) is 0.996. The number of aryl methyl sites for hydroxylation is 1. The van der Waals surface area contributed by atoms with Gasteiger partial charge in [-0.2, -0.15) is 0 Å². The van der Waals surface area contributed by atoms with Crippen molar-refractivity contribution in [3.8, 4) is 0 Å². The maximum Gasteiger partial charge on any atom is 0.315 e. The molecule has 0 spiro atoms. The average Bonchev–Trinajstić information content (AvgIpc) is 3.08. The van der Waals surface area contributed by atoms with E-state index >= 15 is 0 Å². The summed E-state index contributed by atoms with van der Waals surface area (Å²) in [6.07, 6.45) is 6.83. The van der Waals surface area contributed by atoms with Crippen LogP contribution in [0.1, 0.15) is 62.4 Å². The van der Waals surface area contributed by atoms with Gasteiger partial charge in [-0.1, -0.05) is 13.3 Å². The van der Waals surface area contributed by atoms with Gasteiger partial charge in [-0.05, 0) is 39.0 Å². The Balaban J connectivity index is 1.77. The summed E-state index contributed by atoms with van der Waals surface area (Å²) >= 11 is 1.80. The van der Waals surface area contributed by atoms with Gasteiger partial charge in [-0.15, -0.1) is 11.3 Å². The van der Waals surface area contributed by atoms with Crippen LogP contribution in [0, 0.1) is 0 Å². The minimum atomic E-state index is -0.128. The summed E-state index contributed by atoms with van der Waals surface area (Å²) in [7, 11) is 0. The van der Waals surface area contributed by atoms with Crippen molar-refractivity contribution in [2.45, 2.75) is 64.3 Å². The number of nitrogens with zero attached hydrogens (tertiary/aromatic N) is 2. The van der Waals surface area contributed by atoms with Crippen LogP contribution in [-0.4, -0.2) is 30.1 Å². The molecule has 116 valence electrons. The van der Waals surface area contributed by atoms with E-state index in [0.29, 0.717) is 12.6 Å². The molecule has 1 aromatic heterocycles. The van der Waals surface area contributed by atoms with Gasteiger partial charge < -0.3 is 9.64 Å². The second-order valence-corrected chi connectivity index (χ2v) is 6.99. The van der Waals surface area contributed by atoms with Gasteiger partial charge in [0.2, 0.25) is 0 Å². The molecule has 0 radical (unpaired) electrons. The molecular formula is C16H24N2O2S. The Labute approximate surface area is 130 Å². The molecule has 21 heavy (non-hydrogen) atoms. The zero-order chi connectivity index (χ0) is 14.8. The van der Waals surface area contributed by atoms with E-state index < -0.39 is 0 Å². The van der Waals surface area contributed by atoms with Gasteiger partial charge in [0.15, 0.2) is 5.13 Å². The maximum absolute atomic E-state index is 12.0. The number of aromatic nitrogens is 1. The van der Waals surface area contributed by atoms with Crippen molar-refractivity contribution in [1.82, 2.24) is 4.98 Å². The van der Waals surface area contributed by atoms with Gasteiger partial charge in [-0.25, -0.2) is 4.98 Å². The molecule has 4 nitrogen and oxygen atoms in total. The van der Waals surface area contributed by atoms with E-state index in [-0.39, 0.29) is 11.9 Å². The average molecular weight is 308 g/mol. The highest BCUT2D eigenvalue weighted by molar-refractivity contribution is 7.15. The lowest BCUT2D eigenvalue weighted by Crippen LogP contribution is -2.26. The molecule has 1 heterocycles. The Bertz CT molecular complexity index is 510. The smallest absolute Gasteiger partial charge is 0.315 e. The largest absolute Gasteiger partial charge is 0.465 e. The molecule has 2 aliphatic carbocycles. The molecular weight excluding hydrogens is 284 g/mol. The molecule has 0 saturated heterocycles. The van der Waals surface area contributed by atoms with Crippen LogP contribution >= 0.6 is 11.3 Å². The molecule has 0 aromatic carbocycles. The molecule has 1 unspecified atom stereocenters. The number of rotatable bonds is 7. The van der Waals surface area contributed by atoms with Crippen LogP contribution in [0.25, 0.3) is 0 Å². The minimum absolute atomic E-state index is 0.0976. The zero-order valence-electron chi connectivity index (χ0n) is 12.9. The first kappa shape index (κ1) is 14.8. The lowest BCUT2D eigenvalue weighted by molar-refractivity contribution is -0.145. The van der Waals surface area contributed by atoms with Crippen LogP contribution in [0.5, 0.6) is 0 Å². The highest BCUT2D eigenvalue weighted by Gasteiger charge is 2.36. The lowest BCUT2D eigenvalue weighted by Gasteiger charge is -2.21. The molecule has 0 N–H and O–H groups in total. The van der Waals surface area contributed by atoms with E-state index in [1.165, 1.54) is 30.6 Å². The first-order chi connectivity index (χ1) is 10.2. The molecule has 3 rings (SSSR count). The van der Waals surface area contributed by atoms with Crippen LogP contribution in [-0.2, 0) is 16.0 Å². The second-order valence-electron chi connectivity index (χ2n) is 5.93. The highest BCUT2D eigenvalue weighted by atomic mass is 32.1. The molecule has 1 fully saturated rings. The Morgan fingerprint density at radius 2 is 2.19 bits per heavy atom. The van der Waals surface area contributed by atoms with Gasteiger partial charge in [0.05, 0.1) is 12.3 Å². The highest BCUT2D eigenvalue weighted by Crippen LogP contribution is 2.42. The Kier molecular flexibility index (Phi) is 4.48. The molecule has 1 atom stereocenters. The van der Waals surface area contributed by atoms with Crippen LogP contribution in [0.15, 0.2) is 0 Å². The van der Waals surface area contributed by atoms with Crippen molar-refractivity contribution >= 4 is 22.4 Å². The predicted octanol–water partition coefficient (Wildman–Crippen LogP) is 3.50. The number of carbonyl (C=O) groups is 1. The molecule has 0 aliphatic heterocycles. The number of thiazole rings is 1. The number of carbonyl (C=O) groups excluding carboxylic acids is 1. The van der Waals surface area contributed by atoms with Crippen molar-refractivity contribution in [2.24, 2.45) is 0 Å². The fourth-order valence-electron chi connectivity index (χ4n) is 2.96. The van der Waals surface area contributed by atoms with E-state index in [1.807, 2.05) is 6.92 Å². The standard InChI is InChI=1S/C16H24N2O2S/c1-3-5-10-18(11-6-7-11)16-17-14-12(15(19)20-4-2)8-9-13(14)21-16/h11-12H,3-10H2,1-2H3. The quantitative estimate of drug-likeness (QED) is 0.723. The fraction of sp³-hybridized carbons (Fsp3) is 0.750. The van der Waals surface area contributed by atoms with Gasteiger partial charge in [0, 0.05) is 17.5 Å². The predicted molar refractivity (Wildman–Crippen MR) is 85.1 cm³/mol. The molecule has 1 saturated carbocycles. The number of hydrogen-bond donors (Lipinski definition) is 0. The molecule has 2 aliphatic rings. The first-order valence-electron chi connectivity index (χ1n) is 8.17. The van der Waals surface area contributed by atoms with E-state index in [1.54, 1.807) is 11.3 Å². The minimum Gasteiger partial charge on any atom is -0.465 e. The Morgan fingerprint density at radius 1 is 1.38 bits per heavy atom. The summed E-state index contributed by atoms with van der Waals surface area (Å²) in [6, 6.07) is 0.684. The molecule has 0 bridgehead atoms. The van der Waals surface area contributed by atoms with Crippen molar-refractivity contribution in [1.29, 1.82) is 0 Å². The van der Waals surface area contributed by atoms with Gasteiger partial charge >= 0.3 is 5.97 Å². The lowest BCUT2D eigenvalue weighted by atomic mass is 10.1. The monoisotopic (exact) mass is 308 g/mol. The van der Waals surface area contributed by atoms with E-state index in [4.69, 9.17) is 9.72 Å². The third kappa shape index (κ3) is 3.07. The SMILES string of the molecule is CCCCN(c1nc2c(s1)CCC2C(=O)OCC)C1CC1. The van der Waals surface area contributed by atoms with Crippen LogP contribution in [0.4, 0.5) is 5.13 Å². The first-order valence-corrected chi connectivity index (χ1v) is 8.99. The summed E-state index contributed by atoms with van der Waals surface area (Å²) < 4.78 is 5.19. The van der Waals surface area contributed by atoms with Gasteiger partial charge in [-0.3, -0.25) is 4.79 Å². The fourth-order valence-corrected chi connectivity index (χ4v) is 4.19. The van der Waals surface area contributed by atoms with Crippen molar-refractivity contribution in [3.63, 3.8) is 0 Å². The number of fused-ring (bicyclic) bond motifs is 1. The van der Waals surface area contributed by atoms with Crippen LogP contribution in [0.3, 0.4) is 0 Å².